The van der Waals surface area contributed by atoms with Gasteiger partial charge < -0.3 is 0 Å². The van der Waals surface area contributed by atoms with Crippen LogP contribution in [0.15, 0.2) is 41.6 Å². The molecule has 7 heteroatoms. The highest BCUT2D eigenvalue weighted by atomic mass is 32.2. The molecule has 25 heavy (non-hydrogen) atoms. The van der Waals surface area contributed by atoms with Crippen molar-refractivity contribution < 1.29 is 8.42 Å². The minimum absolute atomic E-state index is 0.311. The standard InChI is InChI=1S/C18H22N4O2S/c1-13-6-7-17(9-14(13)2)25(23,24)20-8-4-5-16-11-19-18-10-15(3)21-22(18)12-16/h6-7,9-12,20H,4-5,8H2,1-3H3. The SMILES string of the molecule is Cc1cc2ncc(CCCNS(=O)(=O)c3ccc(C)c(C)c3)cn2n1. The maximum Gasteiger partial charge on any atom is 0.240 e. The Hall–Kier alpha value is -2.25. The van der Waals surface area contributed by atoms with Gasteiger partial charge in [-0.05, 0) is 62.4 Å². The molecule has 3 aromatic rings. The van der Waals surface area contributed by atoms with E-state index in [2.05, 4.69) is 14.8 Å². The number of nitrogens with one attached hydrogen (secondary N) is 1. The van der Waals surface area contributed by atoms with Crippen molar-refractivity contribution in [2.24, 2.45) is 0 Å². The Labute approximate surface area is 148 Å². The number of nitrogens with zero attached hydrogens (tertiary/aromatic N) is 3. The van der Waals surface area contributed by atoms with Gasteiger partial charge >= 0.3 is 0 Å². The van der Waals surface area contributed by atoms with Crippen molar-refractivity contribution in [1.29, 1.82) is 0 Å². The minimum atomic E-state index is -3.47. The van der Waals surface area contributed by atoms with Gasteiger partial charge in [-0.2, -0.15) is 5.10 Å². The van der Waals surface area contributed by atoms with Gasteiger partial charge in [0.25, 0.3) is 0 Å². The molecule has 1 N–H and O–H groups in total. The molecule has 6 nitrogen and oxygen atoms in total. The van der Waals surface area contributed by atoms with Crippen LogP contribution in [0.2, 0.25) is 0 Å². The molecule has 132 valence electrons. The monoisotopic (exact) mass is 358 g/mol. The van der Waals surface area contributed by atoms with Gasteiger partial charge in [0.2, 0.25) is 10.0 Å². The number of hydrogen-bond acceptors (Lipinski definition) is 4. The molecule has 0 spiro atoms. The van der Waals surface area contributed by atoms with E-state index in [0.717, 1.165) is 34.5 Å². The van der Waals surface area contributed by atoms with E-state index in [1.165, 1.54) is 0 Å². The zero-order chi connectivity index (χ0) is 18.0. The predicted molar refractivity (Wildman–Crippen MR) is 97.1 cm³/mol. The summed E-state index contributed by atoms with van der Waals surface area (Å²) in [5, 5.41) is 4.34. The lowest BCUT2D eigenvalue weighted by molar-refractivity contribution is 0.578. The molecule has 3 rings (SSSR count). The second-order valence-electron chi connectivity index (χ2n) is 6.30. The quantitative estimate of drug-likeness (QED) is 0.687. The van der Waals surface area contributed by atoms with Crippen LogP contribution in [0, 0.1) is 20.8 Å². The van der Waals surface area contributed by atoms with Crippen molar-refractivity contribution >= 4 is 15.7 Å². The Balaban J connectivity index is 1.58. The summed E-state index contributed by atoms with van der Waals surface area (Å²) in [5.74, 6) is 0. The van der Waals surface area contributed by atoms with E-state index in [9.17, 15) is 8.42 Å². The molecule has 0 aliphatic heterocycles. The first-order valence-electron chi connectivity index (χ1n) is 8.23. The second-order valence-corrected chi connectivity index (χ2v) is 8.07. The minimum Gasteiger partial charge on any atom is -0.237 e. The molecule has 0 amide bonds. The van der Waals surface area contributed by atoms with Crippen LogP contribution in [0.25, 0.3) is 5.65 Å². The lowest BCUT2D eigenvalue weighted by atomic mass is 10.1. The molecule has 0 fully saturated rings. The Morgan fingerprint density at radius 3 is 2.68 bits per heavy atom. The highest BCUT2D eigenvalue weighted by Crippen LogP contribution is 2.14. The highest BCUT2D eigenvalue weighted by molar-refractivity contribution is 7.89. The lowest BCUT2D eigenvalue weighted by Crippen LogP contribution is -2.25. The Kier molecular flexibility index (Phi) is 4.87. The molecule has 0 aliphatic carbocycles. The summed E-state index contributed by atoms with van der Waals surface area (Å²) < 4.78 is 29.1. The molecular weight excluding hydrogens is 336 g/mol. The summed E-state index contributed by atoms with van der Waals surface area (Å²) in [6, 6.07) is 7.09. The van der Waals surface area contributed by atoms with E-state index in [4.69, 9.17) is 0 Å². The van der Waals surface area contributed by atoms with Gasteiger partial charge in [-0.3, -0.25) is 0 Å². The normalized spacial score (nSPS) is 12.0. The first-order chi connectivity index (χ1) is 11.8. The average Bonchev–Trinajstić information content (AvgIpc) is 2.93. The summed E-state index contributed by atoms with van der Waals surface area (Å²) >= 11 is 0. The van der Waals surface area contributed by atoms with Crippen LogP contribution < -0.4 is 4.72 Å². The van der Waals surface area contributed by atoms with Crippen molar-refractivity contribution in [3.05, 3.63) is 59.0 Å². The van der Waals surface area contributed by atoms with Gasteiger partial charge in [0.1, 0.15) is 0 Å². The Bertz CT molecular complexity index is 1010. The van der Waals surface area contributed by atoms with E-state index in [-0.39, 0.29) is 0 Å². The van der Waals surface area contributed by atoms with Crippen LogP contribution in [0.5, 0.6) is 0 Å². The number of sulfonamides is 1. The average molecular weight is 358 g/mol. The predicted octanol–water partition coefficient (Wildman–Crippen LogP) is 2.57. The van der Waals surface area contributed by atoms with Crippen LogP contribution in [-0.4, -0.2) is 29.6 Å². The first kappa shape index (κ1) is 17.6. The van der Waals surface area contributed by atoms with Crippen molar-refractivity contribution in [3.63, 3.8) is 0 Å². The fraction of sp³-hybridized carbons (Fsp3) is 0.333. The molecule has 0 unspecified atom stereocenters. The molecule has 0 aliphatic rings. The molecule has 1 aromatic carbocycles. The number of benzene rings is 1. The van der Waals surface area contributed by atoms with E-state index in [0.29, 0.717) is 17.9 Å². The van der Waals surface area contributed by atoms with Crippen molar-refractivity contribution in [3.8, 4) is 0 Å². The fourth-order valence-corrected chi connectivity index (χ4v) is 3.79. The largest absolute Gasteiger partial charge is 0.240 e. The van der Waals surface area contributed by atoms with Gasteiger partial charge in [-0.15, -0.1) is 0 Å². The van der Waals surface area contributed by atoms with E-state index in [1.807, 2.05) is 45.3 Å². The first-order valence-corrected chi connectivity index (χ1v) is 9.71. The topological polar surface area (TPSA) is 76.4 Å². The van der Waals surface area contributed by atoms with Gasteiger partial charge in [0.15, 0.2) is 5.65 Å². The van der Waals surface area contributed by atoms with Crippen LogP contribution in [-0.2, 0) is 16.4 Å². The molecule has 0 saturated carbocycles. The van der Waals surface area contributed by atoms with Crippen molar-refractivity contribution in [2.45, 2.75) is 38.5 Å². The third-order valence-electron chi connectivity index (χ3n) is 4.21. The summed E-state index contributed by atoms with van der Waals surface area (Å²) in [7, 11) is -3.47. The highest BCUT2D eigenvalue weighted by Gasteiger charge is 2.13. The molecule has 0 saturated heterocycles. The summed E-state index contributed by atoms with van der Waals surface area (Å²) in [6.07, 6.45) is 5.18. The van der Waals surface area contributed by atoms with E-state index in [1.54, 1.807) is 16.6 Å². The molecule has 2 aromatic heterocycles. The summed E-state index contributed by atoms with van der Waals surface area (Å²) in [5.41, 5.74) is 4.82. The number of hydrogen-bond donors (Lipinski definition) is 1. The summed E-state index contributed by atoms with van der Waals surface area (Å²) in [4.78, 5) is 4.67. The molecule has 0 radical (unpaired) electrons. The smallest absolute Gasteiger partial charge is 0.237 e. The fourth-order valence-electron chi connectivity index (χ4n) is 2.63. The number of rotatable bonds is 6. The number of aromatic nitrogens is 3. The van der Waals surface area contributed by atoms with Gasteiger partial charge in [-0.25, -0.2) is 22.6 Å². The van der Waals surface area contributed by atoms with E-state index < -0.39 is 10.0 Å². The molecule has 0 bridgehead atoms. The van der Waals surface area contributed by atoms with Gasteiger partial charge in [0, 0.05) is 25.0 Å². The van der Waals surface area contributed by atoms with Crippen LogP contribution in [0.3, 0.4) is 0 Å². The van der Waals surface area contributed by atoms with Crippen molar-refractivity contribution in [1.82, 2.24) is 19.3 Å². The third kappa shape index (κ3) is 4.05. The second kappa shape index (κ2) is 6.93. The molecule has 2 heterocycles. The van der Waals surface area contributed by atoms with Crippen LogP contribution >= 0.6 is 0 Å². The zero-order valence-electron chi connectivity index (χ0n) is 14.7. The third-order valence-corrected chi connectivity index (χ3v) is 5.67. The Morgan fingerprint density at radius 1 is 1.12 bits per heavy atom. The van der Waals surface area contributed by atoms with E-state index >= 15 is 0 Å². The number of fused-ring (bicyclic) bond motifs is 1. The van der Waals surface area contributed by atoms with Gasteiger partial charge in [-0.1, -0.05) is 6.07 Å². The summed E-state index contributed by atoms with van der Waals surface area (Å²) in [6.45, 7) is 6.18. The van der Waals surface area contributed by atoms with Crippen LogP contribution in [0.1, 0.15) is 28.8 Å². The zero-order valence-corrected chi connectivity index (χ0v) is 15.5. The van der Waals surface area contributed by atoms with Gasteiger partial charge in [0.05, 0.1) is 10.6 Å². The maximum absolute atomic E-state index is 12.3. The maximum atomic E-state index is 12.3. The number of aryl methyl sites for hydroxylation is 4. The van der Waals surface area contributed by atoms with Crippen LogP contribution in [0.4, 0.5) is 0 Å². The molecular formula is C18H22N4O2S. The Morgan fingerprint density at radius 2 is 1.92 bits per heavy atom. The lowest BCUT2D eigenvalue weighted by Gasteiger charge is -2.09. The molecule has 0 atom stereocenters. The van der Waals surface area contributed by atoms with Crippen molar-refractivity contribution in [2.75, 3.05) is 6.54 Å².